The molecule has 0 atom stereocenters. The van der Waals surface area contributed by atoms with Gasteiger partial charge < -0.3 is 14.6 Å². The Labute approximate surface area is 192 Å². The predicted octanol–water partition coefficient (Wildman–Crippen LogP) is 5.17. The van der Waals surface area contributed by atoms with E-state index >= 15 is 0 Å². The lowest BCUT2D eigenvalue weighted by Gasteiger charge is -2.07. The second-order valence-corrected chi connectivity index (χ2v) is 8.81. The van der Waals surface area contributed by atoms with Crippen molar-refractivity contribution in [2.24, 2.45) is 4.99 Å². The summed E-state index contributed by atoms with van der Waals surface area (Å²) in [7, 11) is 0. The highest BCUT2D eigenvalue weighted by Gasteiger charge is 2.25. The molecule has 1 aromatic heterocycles. The molecule has 0 aliphatic carbocycles. The number of para-hydroxylation sites is 1. The summed E-state index contributed by atoms with van der Waals surface area (Å²) >= 11 is 4.70. The summed E-state index contributed by atoms with van der Waals surface area (Å²) in [6.07, 6.45) is 1.86. The Kier molecular flexibility index (Phi) is 6.29. The molecule has 6 nitrogen and oxygen atoms in total. The van der Waals surface area contributed by atoms with Gasteiger partial charge in [-0.15, -0.1) is 0 Å². The fourth-order valence-electron chi connectivity index (χ4n) is 3.42. The van der Waals surface area contributed by atoms with Crippen LogP contribution in [0.5, 0.6) is 0 Å². The molecule has 4 rings (SSSR count). The number of thioether (sulfide) groups is 1. The summed E-state index contributed by atoms with van der Waals surface area (Å²) in [4.78, 5) is 29.8. The van der Waals surface area contributed by atoms with E-state index in [1.165, 1.54) is 11.8 Å². The number of nitrogens with zero attached hydrogens (tertiary/aromatic N) is 2. The highest BCUT2D eigenvalue weighted by Crippen LogP contribution is 2.33. The molecule has 1 aliphatic rings. The van der Waals surface area contributed by atoms with Crippen LogP contribution in [0.15, 0.2) is 62.9 Å². The second kappa shape index (κ2) is 9.11. The van der Waals surface area contributed by atoms with Crippen molar-refractivity contribution in [3.05, 3.63) is 69.2 Å². The van der Waals surface area contributed by atoms with Gasteiger partial charge in [-0.1, -0.05) is 34.1 Å². The van der Waals surface area contributed by atoms with Gasteiger partial charge in [-0.3, -0.25) is 9.59 Å². The second-order valence-electron chi connectivity index (χ2n) is 6.87. The van der Waals surface area contributed by atoms with Crippen molar-refractivity contribution in [1.29, 1.82) is 0 Å². The summed E-state index contributed by atoms with van der Waals surface area (Å²) in [6.45, 7) is 4.20. The number of hydrogen-bond acceptors (Lipinski definition) is 5. The molecule has 0 spiro atoms. The number of rotatable bonds is 5. The van der Waals surface area contributed by atoms with E-state index in [0.29, 0.717) is 16.7 Å². The SMILES string of the molecule is CCOC(=O)Cn1c(C)c(/C=C2\SC(=Nc3ccc(Br)cc3)NC2=O)c2ccccc21. The maximum absolute atomic E-state index is 12.6. The fourth-order valence-corrected chi connectivity index (χ4v) is 4.51. The van der Waals surface area contributed by atoms with Gasteiger partial charge in [0.15, 0.2) is 5.17 Å². The number of amidine groups is 1. The maximum Gasteiger partial charge on any atom is 0.325 e. The highest BCUT2D eigenvalue weighted by atomic mass is 79.9. The lowest BCUT2D eigenvalue weighted by atomic mass is 10.1. The number of nitrogens with one attached hydrogen (secondary N) is 1. The first-order chi connectivity index (χ1) is 15.0. The molecule has 2 heterocycles. The van der Waals surface area contributed by atoms with Crippen molar-refractivity contribution in [2.45, 2.75) is 20.4 Å². The molecule has 3 aromatic rings. The monoisotopic (exact) mass is 497 g/mol. The van der Waals surface area contributed by atoms with E-state index in [1.807, 2.05) is 66.1 Å². The summed E-state index contributed by atoms with van der Waals surface area (Å²) in [6, 6.07) is 15.4. The highest BCUT2D eigenvalue weighted by molar-refractivity contribution is 9.10. The van der Waals surface area contributed by atoms with Crippen LogP contribution >= 0.6 is 27.7 Å². The zero-order valence-corrected chi connectivity index (χ0v) is 19.4. The lowest BCUT2D eigenvalue weighted by Crippen LogP contribution is -2.19. The van der Waals surface area contributed by atoms with Gasteiger partial charge in [0, 0.05) is 26.6 Å². The molecule has 2 aromatic carbocycles. The van der Waals surface area contributed by atoms with E-state index in [-0.39, 0.29) is 18.4 Å². The van der Waals surface area contributed by atoms with E-state index in [2.05, 4.69) is 26.2 Å². The van der Waals surface area contributed by atoms with Crippen LogP contribution in [0.4, 0.5) is 5.69 Å². The summed E-state index contributed by atoms with van der Waals surface area (Å²) in [5.41, 5.74) is 3.48. The van der Waals surface area contributed by atoms with E-state index in [0.717, 1.165) is 32.3 Å². The van der Waals surface area contributed by atoms with Crippen LogP contribution in [-0.2, 0) is 20.9 Å². The van der Waals surface area contributed by atoms with E-state index in [1.54, 1.807) is 6.92 Å². The summed E-state index contributed by atoms with van der Waals surface area (Å²) in [5, 5.41) is 4.33. The third-order valence-corrected chi connectivity index (χ3v) is 6.29. The van der Waals surface area contributed by atoms with Crippen LogP contribution in [0.1, 0.15) is 18.2 Å². The van der Waals surface area contributed by atoms with E-state index in [9.17, 15) is 9.59 Å². The Morgan fingerprint density at radius 2 is 1.97 bits per heavy atom. The van der Waals surface area contributed by atoms with Gasteiger partial charge >= 0.3 is 5.97 Å². The molecule has 8 heteroatoms. The number of carbonyl (C=O) groups excluding carboxylic acids is 2. The van der Waals surface area contributed by atoms with Crippen LogP contribution in [0.2, 0.25) is 0 Å². The van der Waals surface area contributed by atoms with Gasteiger partial charge in [-0.05, 0) is 62.0 Å². The molecule has 1 saturated heterocycles. The van der Waals surface area contributed by atoms with Gasteiger partial charge in [-0.2, -0.15) is 0 Å². The van der Waals surface area contributed by atoms with Gasteiger partial charge in [-0.25, -0.2) is 4.99 Å². The number of fused-ring (bicyclic) bond motifs is 1. The average Bonchev–Trinajstić information content (AvgIpc) is 3.22. The predicted molar refractivity (Wildman–Crippen MR) is 128 cm³/mol. The third kappa shape index (κ3) is 4.60. The molecular formula is C23H20BrN3O3S. The molecule has 1 amide bonds. The molecule has 1 aliphatic heterocycles. The largest absolute Gasteiger partial charge is 0.465 e. The van der Waals surface area contributed by atoms with Crippen molar-refractivity contribution in [3.8, 4) is 0 Å². The van der Waals surface area contributed by atoms with Gasteiger partial charge in [0.05, 0.1) is 17.2 Å². The number of aliphatic imine (C=N–C) groups is 1. The standard InChI is InChI=1S/C23H20BrN3O3S/c1-3-30-21(28)13-27-14(2)18(17-6-4-5-7-19(17)27)12-20-22(29)26-23(31-20)25-16-10-8-15(24)9-11-16/h4-12H,3,13H2,1-2H3,(H,25,26,29)/b20-12-. The van der Waals surface area contributed by atoms with Crippen LogP contribution in [0.25, 0.3) is 17.0 Å². The smallest absolute Gasteiger partial charge is 0.325 e. The van der Waals surface area contributed by atoms with Gasteiger partial charge in [0.25, 0.3) is 5.91 Å². The Hall–Kier alpha value is -2.84. The zero-order chi connectivity index (χ0) is 22.0. The molecule has 0 unspecified atom stereocenters. The normalized spacial score (nSPS) is 16.3. The quantitative estimate of drug-likeness (QED) is 0.389. The Balaban J connectivity index is 1.69. The number of ether oxygens (including phenoxy) is 1. The third-order valence-electron chi connectivity index (χ3n) is 4.86. The number of esters is 1. The molecule has 158 valence electrons. The minimum Gasteiger partial charge on any atom is -0.465 e. The summed E-state index contributed by atoms with van der Waals surface area (Å²) in [5.74, 6) is -0.482. The van der Waals surface area contributed by atoms with Gasteiger partial charge in [0.2, 0.25) is 0 Å². The number of aromatic nitrogens is 1. The molecule has 0 bridgehead atoms. The lowest BCUT2D eigenvalue weighted by molar-refractivity contribution is -0.143. The molecule has 1 N–H and O–H groups in total. The average molecular weight is 498 g/mol. The van der Waals surface area contributed by atoms with Crippen molar-refractivity contribution in [1.82, 2.24) is 9.88 Å². The first kappa shape index (κ1) is 21.4. The number of carbonyl (C=O) groups is 2. The molecule has 0 saturated carbocycles. The van der Waals surface area contributed by atoms with Crippen LogP contribution in [0, 0.1) is 6.92 Å². The number of hydrogen-bond donors (Lipinski definition) is 1. The van der Waals surface area contributed by atoms with Crippen molar-refractivity contribution < 1.29 is 14.3 Å². The van der Waals surface area contributed by atoms with Crippen LogP contribution in [0.3, 0.4) is 0 Å². The molecule has 31 heavy (non-hydrogen) atoms. The van der Waals surface area contributed by atoms with Gasteiger partial charge in [0.1, 0.15) is 6.54 Å². The molecule has 0 radical (unpaired) electrons. The number of amides is 1. The van der Waals surface area contributed by atoms with Crippen molar-refractivity contribution in [3.63, 3.8) is 0 Å². The number of benzene rings is 2. The Morgan fingerprint density at radius 1 is 1.23 bits per heavy atom. The first-order valence-corrected chi connectivity index (χ1v) is 11.4. The Bertz CT molecular complexity index is 1230. The van der Waals surface area contributed by atoms with Crippen molar-refractivity contribution >= 4 is 67.4 Å². The topological polar surface area (TPSA) is 72.7 Å². The minimum absolute atomic E-state index is 0.124. The van der Waals surface area contributed by atoms with Crippen molar-refractivity contribution in [2.75, 3.05) is 6.61 Å². The van der Waals surface area contributed by atoms with Crippen LogP contribution in [-0.4, -0.2) is 28.2 Å². The first-order valence-electron chi connectivity index (χ1n) is 9.75. The zero-order valence-electron chi connectivity index (χ0n) is 17.0. The minimum atomic E-state index is -0.289. The maximum atomic E-state index is 12.6. The fraction of sp³-hybridized carbons (Fsp3) is 0.174. The Morgan fingerprint density at radius 3 is 2.71 bits per heavy atom. The van der Waals surface area contributed by atoms with E-state index < -0.39 is 0 Å². The molecular weight excluding hydrogens is 478 g/mol. The molecule has 1 fully saturated rings. The number of halogens is 1. The summed E-state index contributed by atoms with van der Waals surface area (Å²) < 4.78 is 8.02. The van der Waals surface area contributed by atoms with E-state index in [4.69, 9.17) is 4.74 Å². The van der Waals surface area contributed by atoms with Crippen LogP contribution < -0.4 is 5.32 Å².